The predicted octanol–water partition coefficient (Wildman–Crippen LogP) is 1.59. The first-order valence-electron chi connectivity index (χ1n) is 6.38. The fourth-order valence-corrected chi connectivity index (χ4v) is 2.83. The summed E-state index contributed by atoms with van der Waals surface area (Å²) in [6, 6.07) is 1.41. The molecule has 0 aromatic carbocycles. The van der Waals surface area contributed by atoms with E-state index in [9.17, 15) is 0 Å². The summed E-state index contributed by atoms with van der Waals surface area (Å²) in [6.45, 7) is 7.80. The maximum Gasteiger partial charge on any atom is 0.109 e. The third kappa shape index (κ3) is 2.92. The lowest BCUT2D eigenvalue weighted by atomic mass is 9.97. The van der Waals surface area contributed by atoms with Gasteiger partial charge in [-0.3, -0.25) is 10.2 Å². The molecule has 88 valence electrons. The number of piperidine rings is 1. The van der Waals surface area contributed by atoms with Gasteiger partial charge in [-0.15, -0.1) is 0 Å². The second kappa shape index (κ2) is 5.28. The van der Waals surface area contributed by atoms with Crippen LogP contribution in [0.1, 0.15) is 39.5 Å². The van der Waals surface area contributed by atoms with Crippen LogP contribution in [0.5, 0.6) is 0 Å². The third-order valence-electron chi connectivity index (χ3n) is 3.62. The van der Waals surface area contributed by atoms with Crippen molar-refractivity contribution in [1.29, 1.82) is 0 Å². The highest BCUT2D eigenvalue weighted by Crippen LogP contribution is 2.23. The number of hydrogen-bond acceptors (Lipinski definition) is 3. The highest BCUT2D eigenvalue weighted by Gasteiger charge is 2.28. The largest absolute Gasteiger partial charge is 0.362 e. The van der Waals surface area contributed by atoms with E-state index in [0.717, 1.165) is 25.6 Å². The minimum Gasteiger partial charge on any atom is -0.362 e. The molecule has 2 fully saturated rings. The Kier molecular flexibility index (Phi) is 4.00. The topological polar surface area (TPSA) is 24.5 Å². The molecule has 0 aromatic heterocycles. The van der Waals surface area contributed by atoms with Crippen LogP contribution in [-0.2, 0) is 4.74 Å². The van der Waals surface area contributed by atoms with E-state index in [2.05, 4.69) is 24.1 Å². The average Bonchev–Trinajstić information content (AvgIpc) is 2.71. The van der Waals surface area contributed by atoms with Gasteiger partial charge in [-0.25, -0.2) is 0 Å². The SMILES string of the molecule is CC(C)N1CCCCC1CC1NCCO1. The van der Waals surface area contributed by atoms with E-state index in [1.165, 1.54) is 25.8 Å². The number of ether oxygens (including phenoxy) is 1. The zero-order valence-electron chi connectivity index (χ0n) is 10.0. The molecule has 2 rings (SSSR count). The molecular formula is C12H24N2O. The van der Waals surface area contributed by atoms with Crippen molar-refractivity contribution >= 4 is 0 Å². The first kappa shape index (κ1) is 11.4. The molecule has 2 heterocycles. The van der Waals surface area contributed by atoms with Gasteiger partial charge in [0.15, 0.2) is 0 Å². The van der Waals surface area contributed by atoms with Gasteiger partial charge in [-0.1, -0.05) is 6.42 Å². The first-order chi connectivity index (χ1) is 7.27. The maximum atomic E-state index is 5.65. The van der Waals surface area contributed by atoms with Crippen molar-refractivity contribution in [1.82, 2.24) is 10.2 Å². The zero-order chi connectivity index (χ0) is 10.7. The Bertz CT molecular complexity index is 190. The highest BCUT2D eigenvalue weighted by atomic mass is 16.5. The van der Waals surface area contributed by atoms with Crippen LogP contribution >= 0.6 is 0 Å². The van der Waals surface area contributed by atoms with Crippen molar-refractivity contribution in [2.45, 2.75) is 57.8 Å². The summed E-state index contributed by atoms with van der Waals surface area (Å²) in [5, 5.41) is 3.41. The normalized spacial score (nSPS) is 33.8. The molecule has 3 heteroatoms. The lowest BCUT2D eigenvalue weighted by molar-refractivity contribution is 0.0353. The zero-order valence-corrected chi connectivity index (χ0v) is 10.0. The molecule has 0 amide bonds. The van der Waals surface area contributed by atoms with Crippen molar-refractivity contribution < 1.29 is 4.74 Å². The summed E-state index contributed by atoms with van der Waals surface area (Å²) in [5.74, 6) is 0. The van der Waals surface area contributed by atoms with Gasteiger partial charge in [-0.2, -0.15) is 0 Å². The average molecular weight is 212 g/mol. The van der Waals surface area contributed by atoms with Crippen LogP contribution < -0.4 is 5.32 Å². The molecule has 0 bridgehead atoms. The van der Waals surface area contributed by atoms with E-state index >= 15 is 0 Å². The van der Waals surface area contributed by atoms with Crippen molar-refractivity contribution in [2.24, 2.45) is 0 Å². The Labute approximate surface area is 93.2 Å². The van der Waals surface area contributed by atoms with Crippen LogP contribution in [0.2, 0.25) is 0 Å². The fourth-order valence-electron chi connectivity index (χ4n) is 2.83. The van der Waals surface area contributed by atoms with E-state index in [1.807, 2.05) is 0 Å². The molecule has 2 atom stereocenters. The maximum absolute atomic E-state index is 5.65. The molecule has 15 heavy (non-hydrogen) atoms. The molecule has 0 radical (unpaired) electrons. The molecule has 1 N–H and O–H groups in total. The van der Waals surface area contributed by atoms with Crippen molar-refractivity contribution in [3.8, 4) is 0 Å². The van der Waals surface area contributed by atoms with E-state index < -0.39 is 0 Å². The Morgan fingerprint density at radius 3 is 2.93 bits per heavy atom. The second-order valence-corrected chi connectivity index (χ2v) is 5.03. The standard InChI is InChI=1S/C12H24N2O/c1-10(2)14-7-4-3-5-11(14)9-12-13-6-8-15-12/h10-13H,3-9H2,1-2H3. The smallest absolute Gasteiger partial charge is 0.109 e. The molecule has 2 saturated heterocycles. The lowest BCUT2D eigenvalue weighted by Crippen LogP contribution is -2.46. The Morgan fingerprint density at radius 1 is 1.40 bits per heavy atom. The van der Waals surface area contributed by atoms with Gasteiger partial charge in [-0.05, 0) is 33.2 Å². The van der Waals surface area contributed by atoms with E-state index in [4.69, 9.17) is 4.74 Å². The molecular weight excluding hydrogens is 188 g/mol. The van der Waals surface area contributed by atoms with Crippen molar-refractivity contribution in [3.05, 3.63) is 0 Å². The van der Waals surface area contributed by atoms with E-state index in [-0.39, 0.29) is 0 Å². The van der Waals surface area contributed by atoms with Gasteiger partial charge in [0.25, 0.3) is 0 Å². The van der Waals surface area contributed by atoms with E-state index in [0.29, 0.717) is 12.3 Å². The number of likely N-dealkylation sites (tertiary alicyclic amines) is 1. The molecule has 0 aromatic rings. The van der Waals surface area contributed by atoms with Gasteiger partial charge in [0.05, 0.1) is 6.61 Å². The van der Waals surface area contributed by atoms with Gasteiger partial charge in [0, 0.05) is 25.0 Å². The molecule has 0 saturated carbocycles. The van der Waals surface area contributed by atoms with Gasteiger partial charge < -0.3 is 4.74 Å². The fraction of sp³-hybridized carbons (Fsp3) is 1.00. The summed E-state index contributed by atoms with van der Waals surface area (Å²) in [6.07, 6.45) is 5.58. The minimum atomic E-state index is 0.314. The third-order valence-corrected chi connectivity index (χ3v) is 3.62. The van der Waals surface area contributed by atoms with E-state index in [1.54, 1.807) is 0 Å². The summed E-state index contributed by atoms with van der Waals surface area (Å²) in [4.78, 5) is 2.65. The van der Waals surface area contributed by atoms with Crippen LogP contribution in [0.15, 0.2) is 0 Å². The number of nitrogens with one attached hydrogen (secondary N) is 1. The van der Waals surface area contributed by atoms with Crippen LogP contribution in [0, 0.1) is 0 Å². The highest BCUT2D eigenvalue weighted by molar-refractivity contribution is 4.82. The number of rotatable bonds is 3. The molecule has 2 aliphatic heterocycles. The van der Waals surface area contributed by atoms with Crippen LogP contribution in [0.25, 0.3) is 0 Å². The Hall–Kier alpha value is -0.120. The summed E-state index contributed by atoms with van der Waals surface area (Å²) in [5.41, 5.74) is 0. The minimum absolute atomic E-state index is 0.314. The molecule has 0 aliphatic carbocycles. The summed E-state index contributed by atoms with van der Waals surface area (Å²) >= 11 is 0. The van der Waals surface area contributed by atoms with Crippen molar-refractivity contribution in [2.75, 3.05) is 19.7 Å². The van der Waals surface area contributed by atoms with Gasteiger partial charge in [0.2, 0.25) is 0 Å². The predicted molar refractivity (Wildman–Crippen MR) is 61.8 cm³/mol. The second-order valence-electron chi connectivity index (χ2n) is 5.03. The van der Waals surface area contributed by atoms with Crippen LogP contribution in [0.3, 0.4) is 0 Å². The monoisotopic (exact) mass is 212 g/mol. The van der Waals surface area contributed by atoms with Crippen LogP contribution in [0.4, 0.5) is 0 Å². The first-order valence-corrected chi connectivity index (χ1v) is 6.38. The lowest BCUT2D eigenvalue weighted by Gasteiger charge is -2.39. The van der Waals surface area contributed by atoms with Crippen LogP contribution in [-0.4, -0.2) is 42.9 Å². The molecule has 0 spiro atoms. The summed E-state index contributed by atoms with van der Waals surface area (Å²) < 4.78 is 5.65. The number of nitrogens with zero attached hydrogens (tertiary/aromatic N) is 1. The molecule has 2 unspecified atom stereocenters. The molecule has 3 nitrogen and oxygen atoms in total. The Morgan fingerprint density at radius 2 is 2.27 bits per heavy atom. The summed E-state index contributed by atoms with van der Waals surface area (Å²) in [7, 11) is 0. The quantitative estimate of drug-likeness (QED) is 0.769. The van der Waals surface area contributed by atoms with Gasteiger partial charge in [0.1, 0.15) is 6.23 Å². The number of hydrogen-bond donors (Lipinski definition) is 1. The molecule has 2 aliphatic rings. The van der Waals surface area contributed by atoms with Crippen molar-refractivity contribution in [3.63, 3.8) is 0 Å². The Balaban J connectivity index is 1.86. The van der Waals surface area contributed by atoms with Gasteiger partial charge >= 0.3 is 0 Å².